The summed E-state index contributed by atoms with van der Waals surface area (Å²) < 4.78 is 67.3. The molecule has 0 amide bonds. The predicted octanol–water partition coefficient (Wildman–Crippen LogP) is 0.589. The third kappa shape index (κ3) is 3.24. The Morgan fingerprint density at radius 3 is 2.13 bits per heavy atom. The summed E-state index contributed by atoms with van der Waals surface area (Å²) in [6, 6.07) is 7.23. The van der Waals surface area contributed by atoms with Gasteiger partial charge in [-0.3, -0.25) is 4.98 Å². The van der Waals surface area contributed by atoms with Crippen LogP contribution in [-0.2, 0) is 39.7 Å². The van der Waals surface area contributed by atoms with E-state index >= 15 is 0 Å². The Labute approximate surface area is 143 Å². The van der Waals surface area contributed by atoms with Crippen LogP contribution in [0.3, 0.4) is 0 Å². The van der Waals surface area contributed by atoms with Gasteiger partial charge in [0.05, 0.1) is 15.9 Å². The van der Waals surface area contributed by atoms with Gasteiger partial charge in [0.1, 0.15) is 20.2 Å². The van der Waals surface area contributed by atoms with E-state index in [1.54, 1.807) is 18.2 Å². The number of pyridine rings is 2. The number of fused-ring (bicyclic) bond motifs is 3. The summed E-state index contributed by atoms with van der Waals surface area (Å²) in [5.41, 5.74) is 0.319. The summed E-state index contributed by atoms with van der Waals surface area (Å²) in [6.45, 7) is 0. The van der Waals surface area contributed by atoms with Gasteiger partial charge >= 0.3 is 19.5 Å². The molecule has 2 heterocycles. The molecule has 2 aromatic heterocycles. The Balaban J connectivity index is 0.00000192. The molecule has 0 N–H and O–H groups in total. The van der Waals surface area contributed by atoms with Crippen molar-refractivity contribution < 1.29 is 45.4 Å². The molecule has 0 saturated carbocycles. The van der Waals surface area contributed by atoms with Crippen molar-refractivity contribution in [2.24, 2.45) is 0 Å². The van der Waals surface area contributed by atoms with Crippen LogP contribution in [0.25, 0.3) is 21.8 Å². The van der Waals surface area contributed by atoms with Gasteiger partial charge in [0.25, 0.3) is 0 Å². The van der Waals surface area contributed by atoms with Crippen LogP contribution in [0.5, 0.6) is 0 Å². The van der Waals surface area contributed by atoms with Gasteiger partial charge < -0.3 is 9.11 Å². The van der Waals surface area contributed by atoms with Crippen LogP contribution in [0.4, 0.5) is 0 Å². The molecular weight excluding hydrogens is 433 g/mol. The zero-order chi connectivity index (χ0) is 16.1. The van der Waals surface area contributed by atoms with Crippen LogP contribution in [-0.4, -0.2) is 35.9 Å². The van der Waals surface area contributed by atoms with Crippen molar-refractivity contribution in [2.75, 3.05) is 0 Å². The Bertz CT molecular complexity index is 1130. The average Bonchev–Trinajstić information content (AvgIpc) is 2.44. The number of rotatable bonds is 2. The molecule has 0 radical (unpaired) electrons. The van der Waals surface area contributed by atoms with Crippen molar-refractivity contribution in [1.82, 2.24) is 9.97 Å². The first-order chi connectivity index (χ1) is 10.2. The molecule has 1 aromatic carbocycles. The van der Waals surface area contributed by atoms with E-state index in [4.69, 9.17) is 0 Å². The predicted molar refractivity (Wildman–Crippen MR) is 73.0 cm³/mol. The zero-order valence-corrected chi connectivity index (χ0v) is 14.3. The summed E-state index contributed by atoms with van der Waals surface area (Å²) in [6.07, 6.45) is 1.44. The van der Waals surface area contributed by atoms with Gasteiger partial charge in [-0.05, 0) is 12.1 Å². The number of aromatic nitrogens is 2. The van der Waals surface area contributed by atoms with Crippen LogP contribution in [0.2, 0.25) is 0 Å². The van der Waals surface area contributed by atoms with E-state index in [2.05, 4.69) is 9.97 Å². The Morgan fingerprint density at radius 1 is 0.870 bits per heavy atom. The molecule has 0 unspecified atom stereocenters. The van der Waals surface area contributed by atoms with Crippen LogP contribution in [0.15, 0.2) is 46.5 Å². The number of nitrogens with zero attached hydrogens (tertiary/aromatic N) is 2. The molecule has 23 heavy (non-hydrogen) atoms. The maximum Gasteiger partial charge on any atom is 2.00 e. The summed E-state index contributed by atoms with van der Waals surface area (Å²) >= 11 is 0. The molecule has 0 spiro atoms. The van der Waals surface area contributed by atoms with Gasteiger partial charge in [-0.1, -0.05) is 18.2 Å². The van der Waals surface area contributed by atoms with Gasteiger partial charge in [0.15, 0.2) is 5.03 Å². The Morgan fingerprint density at radius 2 is 1.52 bits per heavy atom. The van der Waals surface area contributed by atoms with E-state index in [0.29, 0.717) is 10.9 Å². The molecule has 8 nitrogen and oxygen atoms in total. The minimum Gasteiger partial charge on any atom is -0.744 e. The van der Waals surface area contributed by atoms with Crippen molar-refractivity contribution in [2.45, 2.75) is 9.92 Å². The first-order valence-corrected chi connectivity index (χ1v) is 8.60. The molecular formula is C12H6N2O6RuS2. The SMILES string of the molecule is O=S(=O)([O-])c1cc2ccc3cccnc3c2nc1S(=O)(=O)[O-].[Ru+2]. The fourth-order valence-corrected chi connectivity index (χ4v) is 3.75. The second-order valence-electron chi connectivity index (χ2n) is 4.41. The monoisotopic (exact) mass is 440 g/mol. The second-order valence-corrected chi connectivity index (χ2v) is 7.06. The molecule has 0 atom stereocenters. The molecule has 0 aliphatic heterocycles. The summed E-state index contributed by atoms with van der Waals surface area (Å²) in [7, 11) is -10.4. The maximum atomic E-state index is 11.2. The van der Waals surface area contributed by atoms with Crippen LogP contribution >= 0.6 is 0 Å². The van der Waals surface area contributed by atoms with E-state index in [-0.39, 0.29) is 30.4 Å². The topological polar surface area (TPSA) is 140 Å². The molecule has 0 aliphatic rings. The number of benzene rings is 1. The molecule has 3 rings (SSSR count). The maximum absolute atomic E-state index is 11.2. The molecule has 11 heteroatoms. The fraction of sp³-hybridized carbons (Fsp3) is 0. The normalized spacial score (nSPS) is 12.3. The largest absolute Gasteiger partial charge is 2.00 e. The van der Waals surface area contributed by atoms with Crippen LogP contribution in [0, 0.1) is 0 Å². The van der Waals surface area contributed by atoms with Gasteiger partial charge in [0, 0.05) is 17.0 Å². The van der Waals surface area contributed by atoms with E-state index in [1.165, 1.54) is 12.3 Å². The van der Waals surface area contributed by atoms with E-state index in [9.17, 15) is 25.9 Å². The van der Waals surface area contributed by atoms with Gasteiger partial charge in [-0.25, -0.2) is 21.8 Å². The van der Waals surface area contributed by atoms with Crippen LogP contribution in [0.1, 0.15) is 0 Å². The van der Waals surface area contributed by atoms with Crippen molar-refractivity contribution in [3.05, 3.63) is 36.5 Å². The Kier molecular flexibility index (Phi) is 4.53. The van der Waals surface area contributed by atoms with E-state index in [1.807, 2.05) is 0 Å². The summed E-state index contributed by atoms with van der Waals surface area (Å²) in [5.74, 6) is 0. The minimum absolute atomic E-state index is 0. The average molecular weight is 439 g/mol. The van der Waals surface area contributed by atoms with Crippen molar-refractivity contribution >= 4 is 42.0 Å². The number of hydrogen-bond acceptors (Lipinski definition) is 8. The molecule has 0 fully saturated rings. The molecule has 0 bridgehead atoms. The summed E-state index contributed by atoms with van der Waals surface area (Å²) in [5, 5.41) is -0.504. The molecule has 0 aliphatic carbocycles. The Hall–Kier alpha value is -1.52. The fourth-order valence-electron chi connectivity index (χ4n) is 2.10. The smallest absolute Gasteiger partial charge is 0.744 e. The number of hydrogen-bond donors (Lipinski definition) is 0. The minimum atomic E-state index is -5.24. The van der Waals surface area contributed by atoms with Crippen molar-refractivity contribution in [3.8, 4) is 0 Å². The van der Waals surface area contributed by atoms with E-state index in [0.717, 1.165) is 6.07 Å². The van der Waals surface area contributed by atoms with Gasteiger partial charge in [0.2, 0.25) is 0 Å². The first-order valence-electron chi connectivity index (χ1n) is 5.78. The second kappa shape index (κ2) is 5.84. The first kappa shape index (κ1) is 17.8. The molecule has 0 saturated heterocycles. The van der Waals surface area contributed by atoms with E-state index < -0.39 is 30.2 Å². The third-order valence-corrected chi connectivity index (χ3v) is 4.76. The van der Waals surface area contributed by atoms with Crippen molar-refractivity contribution in [3.63, 3.8) is 0 Å². The van der Waals surface area contributed by atoms with Gasteiger partial charge in [-0.2, -0.15) is 0 Å². The van der Waals surface area contributed by atoms with Gasteiger partial charge in [-0.15, -0.1) is 0 Å². The quantitative estimate of drug-likeness (QED) is 0.321. The molecule has 3 aromatic rings. The van der Waals surface area contributed by atoms with Crippen molar-refractivity contribution in [1.29, 1.82) is 0 Å². The third-order valence-electron chi connectivity index (χ3n) is 3.00. The zero-order valence-electron chi connectivity index (χ0n) is 11.0. The van der Waals surface area contributed by atoms with Crippen LogP contribution < -0.4 is 0 Å². The summed E-state index contributed by atoms with van der Waals surface area (Å²) in [4.78, 5) is 6.47. The standard InChI is InChI=1S/C12H8N2O6S2.Ru/c15-21(16,17)9-6-8-4-3-7-2-1-5-13-10(7)11(8)14-12(9)22(18,19)20;/h1-6H,(H,15,16,17)(H,18,19,20);/q;+2/p-2. The molecule has 120 valence electrons.